The number of unbranched alkanes of at least 4 members (excludes halogenated alkanes) is 1. The van der Waals surface area contributed by atoms with Crippen molar-refractivity contribution >= 4 is 18.7 Å². The summed E-state index contributed by atoms with van der Waals surface area (Å²) < 4.78 is 7.33. The van der Waals surface area contributed by atoms with Gasteiger partial charge in [0.1, 0.15) is 0 Å². The topological polar surface area (TPSA) is 32.7 Å². The van der Waals surface area contributed by atoms with E-state index >= 15 is 0 Å². The van der Waals surface area contributed by atoms with E-state index in [1.165, 1.54) is 10.4 Å². The molecule has 2 atom stereocenters. The summed E-state index contributed by atoms with van der Waals surface area (Å²) in [6.45, 7) is 9.91. The van der Waals surface area contributed by atoms with Gasteiger partial charge in [-0.3, -0.25) is 0 Å². The summed E-state index contributed by atoms with van der Waals surface area (Å²) >= 11 is 0. The highest BCUT2D eigenvalue weighted by molar-refractivity contribution is 6.99. The zero-order chi connectivity index (χ0) is 20.9. The molecule has 0 radical (unpaired) electrons. The van der Waals surface area contributed by atoms with Gasteiger partial charge in [-0.05, 0) is 34.7 Å². The smallest absolute Gasteiger partial charge is 0.261 e. The summed E-state index contributed by atoms with van der Waals surface area (Å²) in [5.41, 5.74) is 0. The maximum atomic E-state index is 10.7. The van der Waals surface area contributed by atoms with Gasteiger partial charge < -0.3 is 9.63 Å². The van der Waals surface area contributed by atoms with E-state index < -0.39 is 8.32 Å². The van der Waals surface area contributed by atoms with Gasteiger partial charge in [0, 0.05) is 6.54 Å². The van der Waals surface area contributed by atoms with Crippen LogP contribution in [-0.2, 0) is 4.43 Å². The lowest BCUT2D eigenvalue weighted by Crippen LogP contribution is -2.69. The quantitative estimate of drug-likeness (QED) is 0.653. The first-order chi connectivity index (χ1) is 13.9. The lowest BCUT2D eigenvalue weighted by atomic mass is 9.96. The maximum Gasteiger partial charge on any atom is 0.261 e. The molecule has 0 aromatic heterocycles. The molecule has 3 nitrogen and oxygen atoms in total. The minimum Gasteiger partial charge on any atom is -0.403 e. The Morgan fingerprint density at radius 2 is 1.55 bits per heavy atom. The number of nitrogens with zero attached hydrogens (tertiary/aromatic N) is 1. The van der Waals surface area contributed by atoms with Gasteiger partial charge >= 0.3 is 0 Å². The van der Waals surface area contributed by atoms with Crippen molar-refractivity contribution in [2.24, 2.45) is 0 Å². The van der Waals surface area contributed by atoms with Crippen LogP contribution in [0.2, 0.25) is 5.04 Å². The van der Waals surface area contributed by atoms with E-state index in [-0.39, 0.29) is 17.2 Å². The van der Waals surface area contributed by atoms with Gasteiger partial charge in [-0.1, -0.05) is 101 Å². The van der Waals surface area contributed by atoms with E-state index in [1.807, 2.05) is 0 Å². The van der Waals surface area contributed by atoms with E-state index in [9.17, 15) is 5.21 Å². The Kier molecular flexibility index (Phi) is 7.33. The average molecular weight is 412 g/mol. The largest absolute Gasteiger partial charge is 0.403 e. The highest BCUT2D eigenvalue weighted by Gasteiger charge is 2.52. The van der Waals surface area contributed by atoms with Crippen molar-refractivity contribution in [3.05, 3.63) is 60.7 Å². The van der Waals surface area contributed by atoms with Crippen molar-refractivity contribution in [2.45, 2.75) is 77.0 Å². The second-order valence-corrected chi connectivity index (χ2v) is 13.6. The average Bonchev–Trinajstić information content (AvgIpc) is 2.72. The minimum absolute atomic E-state index is 0.0389. The molecule has 158 valence electrons. The molecule has 0 bridgehead atoms. The predicted molar refractivity (Wildman–Crippen MR) is 124 cm³/mol. The van der Waals surface area contributed by atoms with Gasteiger partial charge in [-0.15, -0.1) is 0 Å². The van der Waals surface area contributed by atoms with Crippen LogP contribution in [0.3, 0.4) is 0 Å². The molecule has 1 aliphatic heterocycles. The molecule has 1 fully saturated rings. The molecule has 1 aliphatic rings. The van der Waals surface area contributed by atoms with Crippen LogP contribution >= 0.6 is 0 Å². The third-order valence-electron chi connectivity index (χ3n) is 6.29. The number of hydrogen-bond donors (Lipinski definition) is 1. The molecule has 1 N–H and O–H groups in total. The monoisotopic (exact) mass is 411 g/mol. The Morgan fingerprint density at radius 1 is 1.00 bits per heavy atom. The Morgan fingerprint density at radius 3 is 2.03 bits per heavy atom. The predicted octanol–water partition coefficient (Wildman–Crippen LogP) is 4.98. The first-order valence-electron chi connectivity index (χ1n) is 11.1. The summed E-state index contributed by atoms with van der Waals surface area (Å²) in [5, 5.41) is 14.8. The van der Waals surface area contributed by atoms with Crippen LogP contribution in [0, 0.1) is 0 Å². The highest BCUT2D eigenvalue weighted by Crippen LogP contribution is 2.39. The molecule has 4 heteroatoms. The summed E-state index contributed by atoms with van der Waals surface area (Å²) in [4.78, 5) is 0. The Hall–Kier alpha value is -1.46. The number of benzene rings is 2. The minimum atomic E-state index is -2.59. The standard InChI is InChI=1S/C25H37NO2Si/c1-5-6-18-23-24(19-13-20-26(23)27)28-29(25(2,3)4,21-14-9-7-10-15-21)22-16-11-8-12-17-22/h7-12,14-17,23-24,27H,5-6,13,18-20H2,1-4H3/t23-,24+/m1/s1. The fourth-order valence-electron chi connectivity index (χ4n) is 4.81. The van der Waals surface area contributed by atoms with Crippen molar-refractivity contribution in [1.29, 1.82) is 0 Å². The fourth-order valence-corrected chi connectivity index (χ4v) is 9.55. The summed E-state index contributed by atoms with van der Waals surface area (Å²) in [6, 6.07) is 21.7. The van der Waals surface area contributed by atoms with Crippen molar-refractivity contribution in [2.75, 3.05) is 6.54 Å². The van der Waals surface area contributed by atoms with Gasteiger partial charge in [0.05, 0.1) is 12.1 Å². The zero-order valence-corrected chi connectivity index (χ0v) is 19.5. The summed E-state index contributed by atoms with van der Waals surface area (Å²) in [7, 11) is -2.59. The van der Waals surface area contributed by atoms with Crippen molar-refractivity contribution in [1.82, 2.24) is 5.06 Å². The molecule has 29 heavy (non-hydrogen) atoms. The van der Waals surface area contributed by atoms with Crippen LogP contribution in [0.1, 0.15) is 59.8 Å². The summed E-state index contributed by atoms with van der Waals surface area (Å²) in [6.07, 6.45) is 5.26. The van der Waals surface area contributed by atoms with Gasteiger partial charge in [0.25, 0.3) is 8.32 Å². The van der Waals surface area contributed by atoms with Gasteiger partial charge in [-0.25, -0.2) is 0 Å². The Balaban J connectivity index is 2.10. The summed E-state index contributed by atoms with van der Waals surface area (Å²) in [5.74, 6) is 0. The number of hydrogen-bond acceptors (Lipinski definition) is 3. The molecular weight excluding hydrogens is 374 g/mol. The third-order valence-corrected chi connectivity index (χ3v) is 11.3. The van der Waals surface area contributed by atoms with Crippen molar-refractivity contribution in [3.63, 3.8) is 0 Å². The normalized spacial score (nSPS) is 21.3. The van der Waals surface area contributed by atoms with Crippen molar-refractivity contribution in [3.8, 4) is 0 Å². The van der Waals surface area contributed by atoms with Crippen LogP contribution < -0.4 is 10.4 Å². The molecule has 0 unspecified atom stereocenters. The van der Waals surface area contributed by atoms with Gasteiger partial charge in [0.15, 0.2) is 0 Å². The molecule has 3 rings (SSSR count). The van der Waals surface area contributed by atoms with Crippen LogP contribution in [0.15, 0.2) is 60.7 Å². The molecule has 2 aromatic carbocycles. The van der Waals surface area contributed by atoms with E-state index in [4.69, 9.17) is 4.43 Å². The molecular formula is C25H37NO2Si. The van der Waals surface area contributed by atoms with E-state index in [0.29, 0.717) is 0 Å². The number of piperidine rings is 1. The molecule has 0 amide bonds. The Labute approximate surface area is 177 Å². The second kappa shape index (κ2) is 9.56. The number of hydroxylamine groups is 2. The number of rotatable bonds is 7. The third kappa shape index (κ3) is 4.66. The van der Waals surface area contributed by atoms with Crippen LogP contribution in [-0.4, -0.2) is 37.3 Å². The fraction of sp³-hybridized carbons (Fsp3) is 0.520. The van der Waals surface area contributed by atoms with Crippen LogP contribution in [0.4, 0.5) is 0 Å². The van der Waals surface area contributed by atoms with E-state index in [2.05, 4.69) is 88.4 Å². The van der Waals surface area contributed by atoms with Gasteiger partial charge in [-0.2, -0.15) is 5.06 Å². The highest BCUT2D eigenvalue weighted by atomic mass is 28.4. The van der Waals surface area contributed by atoms with Crippen LogP contribution in [0.25, 0.3) is 0 Å². The van der Waals surface area contributed by atoms with Crippen LogP contribution in [0.5, 0.6) is 0 Å². The molecule has 0 aliphatic carbocycles. The second-order valence-electron chi connectivity index (χ2n) is 9.33. The first kappa shape index (κ1) is 22.2. The van der Waals surface area contributed by atoms with E-state index in [1.54, 1.807) is 5.06 Å². The molecule has 0 spiro atoms. The lowest BCUT2D eigenvalue weighted by Gasteiger charge is -2.48. The molecule has 1 heterocycles. The lowest BCUT2D eigenvalue weighted by molar-refractivity contribution is -0.173. The first-order valence-corrected chi connectivity index (χ1v) is 13.1. The Bertz CT molecular complexity index is 705. The molecule has 1 saturated heterocycles. The van der Waals surface area contributed by atoms with Crippen molar-refractivity contribution < 1.29 is 9.63 Å². The molecule has 2 aromatic rings. The maximum absolute atomic E-state index is 10.7. The zero-order valence-electron chi connectivity index (χ0n) is 18.5. The SMILES string of the molecule is CCCC[C@@H]1[C@@H](O[Si](c2ccccc2)(c2ccccc2)C(C)(C)C)CCCN1O. The van der Waals surface area contributed by atoms with Gasteiger partial charge in [0.2, 0.25) is 0 Å². The van der Waals surface area contributed by atoms with E-state index in [0.717, 1.165) is 38.6 Å². The molecule has 0 saturated carbocycles.